The fourth-order valence-corrected chi connectivity index (χ4v) is 2.86. The van der Waals surface area contributed by atoms with E-state index < -0.39 is 0 Å². The molecular formula is C18H36BrNO. The summed E-state index contributed by atoms with van der Waals surface area (Å²) in [5, 5.41) is 0. The molecule has 21 heavy (non-hydrogen) atoms. The van der Waals surface area contributed by atoms with Gasteiger partial charge in [-0.1, -0.05) is 87.6 Å². The van der Waals surface area contributed by atoms with Gasteiger partial charge in [-0.15, -0.1) is 0 Å². The summed E-state index contributed by atoms with van der Waals surface area (Å²) in [7, 11) is 0. The maximum absolute atomic E-state index is 12.2. The van der Waals surface area contributed by atoms with Crippen LogP contribution in [-0.4, -0.2) is 28.7 Å². The van der Waals surface area contributed by atoms with Gasteiger partial charge in [-0.3, -0.25) is 4.79 Å². The third-order valence-corrected chi connectivity index (χ3v) is 4.36. The summed E-state index contributed by atoms with van der Waals surface area (Å²) >= 11 is 3.43. The molecule has 0 heterocycles. The zero-order valence-electron chi connectivity index (χ0n) is 14.5. The van der Waals surface area contributed by atoms with Crippen LogP contribution in [0.4, 0.5) is 0 Å². The number of nitrogens with zero attached hydrogens (tertiary/aromatic N) is 1. The summed E-state index contributed by atoms with van der Waals surface area (Å²) in [6.07, 6.45) is 14.0. The van der Waals surface area contributed by atoms with E-state index in [1.807, 2.05) is 6.92 Å². The Kier molecular flexibility index (Phi) is 14.8. The van der Waals surface area contributed by atoms with Gasteiger partial charge in [0.05, 0.1) is 4.83 Å². The van der Waals surface area contributed by atoms with Gasteiger partial charge in [0.1, 0.15) is 0 Å². The molecule has 0 aromatic heterocycles. The Bertz CT molecular complexity index is 243. The normalized spacial score (nSPS) is 12.4. The number of alkyl halides is 1. The maximum atomic E-state index is 12.2. The number of halogens is 1. The van der Waals surface area contributed by atoms with Crippen molar-refractivity contribution in [2.45, 2.75) is 96.2 Å². The van der Waals surface area contributed by atoms with Crippen molar-refractivity contribution >= 4 is 21.8 Å². The highest BCUT2D eigenvalue weighted by atomic mass is 79.9. The molecular weight excluding hydrogens is 326 g/mol. The van der Waals surface area contributed by atoms with Crippen LogP contribution < -0.4 is 0 Å². The molecule has 0 fully saturated rings. The molecule has 3 heteroatoms. The van der Waals surface area contributed by atoms with Gasteiger partial charge in [-0.05, 0) is 19.8 Å². The highest BCUT2D eigenvalue weighted by molar-refractivity contribution is 9.10. The Morgan fingerprint density at radius 3 is 1.57 bits per heavy atom. The van der Waals surface area contributed by atoms with Crippen molar-refractivity contribution in [3.8, 4) is 0 Å². The van der Waals surface area contributed by atoms with E-state index in [1.165, 1.54) is 57.8 Å². The predicted molar refractivity (Wildman–Crippen MR) is 97.1 cm³/mol. The van der Waals surface area contributed by atoms with Gasteiger partial charge in [0.25, 0.3) is 0 Å². The number of rotatable bonds is 14. The summed E-state index contributed by atoms with van der Waals surface area (Å²) < 4.78 is 0. The van der Waals surface area contributed by atoms with Crippen molar-refractivity contribution in [3.05, 3.63) is 0 Å². The minimum absolute atomic E-state index is 0.0479. The minimum atomic E-state index is -0.0479. The Morgan fingerprint density at radius 1 is 0.810 bits per heavy atom. The summed E-state index contributed by atoms with van der Waals surface area (Å²) in [5.41, 5.74) is 0. The fourth-order valence-electron chi connectivity index (χ4n) is 2.57. The summed E-state index contributed by atoms with van der Waals surface area (Å²) in [5.74, 6) is 0.263. The van der Waals surface area contributed by atoms with Gasteiger partial charge in [0.15, 0.2) is 0 Å². The molecule has 0 aliphatic rings. The first-order valence-corrected chi connectivity index (χ1v) is 9.97. The average Bonchev–Trinajstić information content (AvgIpc) is 2.47. The van der Waals surface area contributed by atoms with E-state index in [9.17, 15) is 4.79 Å². The van der Waals surface area contributed by atoms with Crippen molar-refractivity contribution in [3.63, 3.8) is 0 Å². The lowest BCUT2D eigenvalue weighted by molar-refractivity contribution is -0.130. The van der Waals surface area contributed by atoms with Gasteiger partial charge in [-0.25, -0.2) is 0 Å². The third-order valence-electron chi connectivity index (χ3n) is 3.97. The van der Waals surface area contributed by atoms with Crippen LogP contribution in [0.1, 0.15) is 91.4 Å². The second-order valence-electron chi connectivity index (χ2n) is 6.12. The number of carbonyl (C=O) groups is 1. The molecule has 0 saturated heterocycles. The molecule has 0 aliphatic carbocycles. The maximum Gasteiger partial charge on any atom is 0.236 e. The smallest absolute Gasteiger partial charge is 0.236 e. The molecule has 0 aliphatic heterocycles. The highest BCUT2D eigenvalue weighted by Gasteiger charge is 2.17. The molecule has 0 spiro atoms. The fraction of sp³-hybridized carbons (Fsp3) is 0.944. The Hall–Kier alpha value is -0.0500. The molecule has 0 rings (SSSR count). The van der Waals surface area contributed by atoms with E-state index in [2.05, 4.69) is 34.7 Å². The molecule has 0 N–H and O–H groups in total. The van der Waals surface area contributed by atoms with E-state index in [0.29, 0.717) is 0 Å². The lowest BCUT2D eigenvalue weighted by Crippen LogP contribution is -2.37. The number of hydrogen-bond acceptors (Lipinski definition) is 1. The van der Waals surface area contributed by atoms with Gasteiger partial charge >= 0.3 is 0 Å². The molecule has 1 unspecified atom stereocenters. The van der Waals surface area contributed by atoms with Crippen molar-refractivity contribution in [1.29, 1.82) is 0 Å². The lowest BCUT2D eigenvalue weighted by Gasteiger charge is -2.24. The SMILES string of the molecule is CCCCCCCCN(CCCCCCC)C(=O)C(C)Br. The molecule has 2 nitrogen and oxygen atoms in total. The van der Waals surface area contributed by atoms with Gasteiger partial charge < -0.3 is 4.90 Å². The van der Waals surface area contributed by atoms with Gasteiger partial charge in [-0.2, -0.15) is 0 Å². The zero-order chi connectivity index (χ0) is 15.9. The van der Waals surface area contributed by atoms with Gasteiger partial charge in [0, 0.05) is 13.1 Å². The van der Waals surface area contributed by atoms with E-state index in [0.717, 1.165) is 25.9 Å². The number of unbranched alkanes of at least 4 members (excludes halogenated alkanes) is 9. The van der Waals surface area contributed by atoms with Crippen LogP contribution >= 0.6 is 15.9 Å². The van der Waals surface area contributed by atoms with Crippen LogP contribution in [0.2, 0.25) is 0 Å². The molecule has 1 amide bonds. The molecule has 0 saturated carbocycles. The first-order chi connectivity index (χ1) is 10.1. The van der Waals surface area contributed by atoms with Crippen molar-refractivity contribution in [1.82, 2.24) is 4.90 Å². The zero-order valence-corrected chi connectivity index (χ0v) is 16.1. The summed E-state index contributed by atoms with van der Waals surface area (Å²) in [6, 6.07) is 0. The van der Waals surface area contributed by atoms with E-state index >= 15 is 0 Å². The predicted octanol–water partition coefficient (Wildman–Crippen LogP) is 5.93. The van der Waals surface area contributed by atoms with Crippen molar-refractivity contribution in [2.75, 3.05) is 13.1 Å². The summed E-state index contributed by atoms with van der Waals surface area (Å²) in [4.78, 5) is 14.2. The van der Waals surface area contributed by atoms with Crippen LogP contribution in [0.3, 0.4) is 0 Å². The topological polar surface area (TPSA) is 20.3 Å². The average molecular weight is 362 g/mol. The van der Waals surface area contributed by atoms with Gasteiger partial charge in [0.2, 0.25) is 5.91 Å². The lowest BCUT2D eigenvalue weighted by atomic mass is 10.1. The standard InChI is InChI=1S/C18H36BrNO/c1-4-6-8-10-12-14-16-20(18(21)17(3)19)15-13-11-9-7-5-2/h17H,4-16H2,1-3H3. The molecule has 1 atom stereocenters. The van der Waals surface area contributed by atoms with E-state index in [1.54, 1.807) is 0 Å². The van der Waals surface area contributed by atoms with Crippen LogP contribution in [0.25, 0.3) is 0 Å². The number of carbonyl (C=O) groups excluding carboxylic acids is 1. The molecule has 0 radical (unpaired) electrons. The largest absolute Gasteiger partial charge is 0.342 e. The Balaban J connectivity index is 3.89. The molecule has 0 aromatic carbocycles. The van der Waals surface area contributed by atoms with Crippen LogP contribution in [0.15, 0.2) is 0 Å². The second kappa shape index (κ2) is 14.9. The molecule has 126 valence electrons. The van der Waals surface area contributed by atoms with Crippen molar-refractivity contribution < 1.29 is 4.79 Å². The van der Waals surface area contributed by atoms with Crippen LogP contribution in [0.5, 0.6) is 0 Å². The Morgan fingerprint density at radius 2 is 1.19 bits per heavy atom. The first-order valence-electron chi connectivity index (χ1n) is 9.06. The third kappa shape index (κ3) is 12.2. The van der Waals surface area contributed by atoms with Crippen LogP contribution in [-0.2, 0) is 4.79 Å². The summed E-state index contributed by atoms with van der Waals surface area (Å²) in [6.45, 7) is 8.30. The number of hydrogen-bond donors (Lipinski definition) is 0. The second-order valence-corrected chi connectivity index (χ2v) is 7.50. The Labute approximate surface area is 141 Å². The van der Waals surface area contributed by atoms with E-state index in [-0.39, 0.29) is 10.7 Å². The highest BCUT2D eigenvalue weighted by Crippen LogP contribution is 2.11. The number of amides is 1. The first kappa shape index (κ1) is 20.9. The van der Waals surface area contributed by atoms with E-state index in [4.69, 9.17) is 0 Å². The molecule has 0 aromatic rings. The quantitative estimate of drug-likeness (QED) is 0.277. The van der Waals surface area contributed by atoms with Crippen molar-refractivity contribution in [2.24, 2.45) is 0 Å². The molecule has 0 bridgehead atoms. The van der Waals surface area contributed by atoms with Crippen LogP contribution in [0, 0.1) is 0 Å². The monoisotopic (exact) mass is 361 g/mol. The minimum Gasteiger partial charge on any atom is -0.342 e.